The van der Waals surface area contributed by atoms with E-state index in [-0.39, 0.29) is 11.0 Å². The molecule has 0 aliphatic carbocycles. The van der Waals surface area contributed by atoms with Gasteiger partial charge in [-0.15, -0.1) is 0 Å². The van der Waals surface area contributed by atoms with Gasteiger partial charge in [-0.25, -0.2) is 0 Å². The Morgan fingerprint density at radius 3 is 2.51 bits per heavy atom. The molecule has 0 saturated carbocycles. The average molecular weight is 529 g/mol. The summed E-state index contributed by atoms with van der Waals surface area (Å²) in [5.41, 5.74) is 2.67. The van der Waals surface area contributed by atoms with Crippen LogP contribution in [0, 0.1) is 0 Å². The van der Waals surface area contributed by atoms with E-state index in [1.54, 1.807) is 30.3 Å². The molecule has 3 aromatic rings. The van der Waals surface area contributed by atoms with Crippen molar-refractivity contribution in [3.05, 3.63) is 76.5 Å². The van der Waals surface area contributed by atoms with Crippen LogP contribution in [0.3, 0.4) is 0 Å². The van der Waals surface area contributed by atoms with Crippen LogP contribution in [-0.2, 0) is 4.79 Å². The number of halogens is 2. The van der Waals surface area contributed by atoms with Crippen molar-refractivity contribution < 1.29 is 9.21 Å². The number of hydrogen-bond acceptors (Lipinski definition) is 5. The van der Waals surface area contributed by atoms with E-state index in [2.05, 4.69) is 39.5 Å². The molecule has 1 fully saturated rings. The molecule has 0 atom stereocenters. The van der Waals surface area contributed by atoms with E-state index in [9.17, 15) is 4.79 Å². The lowest BCUT2D eigenvalue weighted by Crippen LogP contribution is -2.46. The van der Waals surface area contributed by atoms with Gasteiger partial charge in [-0.05, 0) is 73.4 Å². The topological polar surface area (TPSA) is 60.8 Å². The number of nitrogens with zero attached hydrogens (tertiary/aromatic N) is 2. The first-order valence-electron chi connectivity index (χ1n) is 11.3. The zero-order valence-corrected chi connectivity index (χ0v) is 21.6. The van der Waals surface area contributed by atoms with Crippen LogP contribution >= 0.6 is 35.4 Å². The number of benzene rings is 2. The monoisotopic (exact) mass is 528 g/mol. The van der Waals surface area contributed by atoms with Crippen molar-refractivity contribution in [3.8, 4) is 11.3 Å². The number of thiocarbonyl (C=S) groups is 1. The Morgan fingerprint density at radius 2 is 1.80 bits per heavy atom. The minimum atomic E-state index is -0.369. The van der Waals surface area contributed by atoms with Gasteiger partial charge in [0.1, 0.15) is 11.5 Å². The largest absolute Gasteiger partial charge is 0.457 e. The highest BCUT2D eigenvalue weighted by atomic mass is 35.5. The van der Waals surface area contributed by atoms with Gasteiger partial charge in [0.15, 0.2) is 5.11 Å². The molecule has 35 heavy (non-hydrogen) atoms. The molecule has 1 aromatic heterocycles. The zero-order chi connectivity index (χ0) is 24.8. The highest BCUT2D eigenvalue weighted by molar-refractivity contribution is 7.80. The lowest BCUT2D eigenvalue weighted by molar-refractivity contribution is -0.115. The van der Waals surface area contributed by atoms with Crippen molar-refractivity contribution in [2.75, 3.05) is 42.9 Å². The fraction of sp³-hybridized carbons (Fsp3) is 0.231. The molecule has 2 aromatic carbocycles. The molecular formula is C26H26Cl2N4O2S. The quantitative estimate of drug-likeness (QED) is 0.305. The summed E-state index contributed by atoms with van der Waals surface area (Å²) in [5, 5.41) is 6.77. The molecule has 1 aliphatic rings. The first-order valence-corrected chi connectivity index (χ1v) is 12.5. The minimum absolute atomic E-state index is 0.217. The van der Waals surface area contributed by atoms with Crippen molar-refractivity contribution in [2.24, 2.45) is 0 Å². The van der Waals surface area contributed by atoms with Crippen LogP contribution in [0.15, 0.2) is 65.1 Å². The lowest BCUT2D eigenvalue weighted by atomic mass is 10.2. The van der Waals surface area contributed by atoms with Crippen molar-refractivity contribution in [1.29, 1.82) is 0 Å². The number of anilines is 2. The highest BCUT2D eigenvalue weighted by Crippen LogP contribution is 2.34. The SMILES string of the molecule is CCN1CCN(c2ccc(NC(=S)NC(=O)C=Cc3ccc(-c4cccc(Cl)c4Cl)o3)cc2)CC1. The van der Waals surface area contributed by atoms with E-state index >= 15 is 0 Å². The van der Waals surface area contributed by atoms with Crippen LogP contribution in [0.1, 0.15) is 12.7 Å². The summed E-state index contributed by atoms with van der Waals surface area (Å²) in [6.45, 7) is 7.48. The number of carbonyl (C=O) groups is 1. The second-order valence-electron chi connectivity index (χ2n) is 8.05. The molecule has 1 amide bonds. The molecule has 0 bridgehead atoms. The molecule has 9 heteroatoms. The third-order valence-corrected chi connectivity index (χ3v) is 6.81. The second kappa shape index (κ2) is 11.7. The molecule has 4 rings (SSSR count). The zero-order valence-electron chi connectivity index (χ0n) is 19.3. The molecule has 1 aliphatic heterocycles. The summed E-state index contributed by atoms with van der Waals surface area (Å²) in [6, 6.07) is 16.9. The summed E-state index contributed by atoms with van der Waals surface area (Å²) in [5.74, 6) is 0.692. The lowest BCUT2D eigenvalue weighted by Gasteiger charge is -2.35. The van der Waals surface area contributed by atoms with Gasteiger partial charge in [0.05, 0.1) is 10.0 Å². The average Bonchev–Trinajstić information content (AvgIpc) is 3.34. The van der Waals surface area contributed by atoms with Crippen LogP contribution in [0.4, 0.5) is 11.4 Å². The Bertz CT molecular complexity index is 1220. The predicted octanol–water partition coefficient (Wildman–Crippen LogP) is 5.92. The number of likely N-dealkylation sites (N-methyl/N-ethyl adjacent to an activating group) is 1. The van der Waals surface area contributed by atoms with Crippen LogP contribution in [0.25, 0.3) is 17.4 Å². The molecular weight excluding hydrogens is 503 g/mol. The van der Waals surface area contributed by atoms with E-state index in [0.717, 1.165) is 38.4 Å². The van der Waals surface area contributed by atoms with Crippen LogP contribution in [0.5, 0.6) is 0 Å². The van der Waals surface area contributed by atoms with Gasteiger partial charge in [0, 0.05) is 49.2 Å². The summed E-state index contributed by atoms with van der Waals surface area (Å²) in [7, 11) is 0. The van der Waals surface area contributed by atoms with E-state index < -0.39 is 0 Å². The summed E-state index contributed by atoms with van der Waals surface area (Å²) in [4.78, 5) is 17.1. The summed E-state index contributed by atoms with van der Waals surface area (Å²) in [6.07, 6.45) is 2.92. The number of carbonyl (C=O) groups excluding carboxylic acids is 1. The van der Waals surface area contributed by atoms with Crippen molar-refractivity contribution in [3.63, 3.8) is 0 Å². The molecule has 0 unspecified atom stereocenters. The van der Waals surface area contributed by atoms with Gasteiger partial charge in [0.2, 0.25) is 5.91 Å². The third-order valence-electron chi connectivity index (χ3n) is 5.79. The summed E-state index contributed by atoms with van der Waals surface area (Å²) >= 11 is 17.6. The molecule has 2 heterocycles. The first-order chi connectivity index (χ1) is 16.9. The Balaban J connectivity index is 1.28. The van der Waals surface area contributed by atoms with Gasteiger partial charge in [-0.2, -0.15) is 0 Å². The number of furan rings is 1. The maximum absolute atomic E-state index is 12.3. The third kappa shape index (κ3) is 6.64. The van der Waals surface area contributed by atoms with Crippen molar-refractivity contribution in [2.45, 2.75) is 6.92 Å². The Labute approximate surface area is 220 Å². The maximum atomic E-state index is 12.3. The first kappa shape index (κ1) is 25.3. The van der Waals surface area contributed by atoms with Crippen molar-refractivity contribution in [1.82, 2.24) is 10.2 Å². The Hall–Kier alpha value is -2.84. The fourth-order valence-corrected chi connectivity index (χ4v) is 4.44. The van der Waals surface area contributed by atoms with E-state index in [1.165, 1.54) is 11.8 Å². The molecule has 1 saturated heterocycles. The molecule has 2 N–H and O–H groups in total. The predicted molar refractivity (Wildman–Crippen MR) is 148 cm³/mol. The number of piperazine rings is 1. The van der Waals surface area contributed by atoms with Gasteiger partial charge in [0.25, 0.3) is 0 Å². The Kier molecular flexibility index (Phi) is 8.46. The second-order valence-corrected chi connectivity index (χ2v) is 9.24. The van der Waals surface area contributed by atoms with Gasteiger partial charge < -0.3 is 19.5 Å². The number of hydrogen-bond donors (Lipinski definition) is 2. The number of rotatable bonds is 6. The molecule has 6 nitrogen and oxygen atoms in total. The van der Waals surface area contributed by atoms with E-state index in [1.807, 2.05) is 18.2 Å². The van der Waals surface area contributed by atoms with E-state index in [4.69, 9.17) is 39.8 Å². The van der Waals surface area contributed by atoms with Crippen LogP contribution in [0.2, 0.25) is 10.0 Å². The minimum Gasteiger partial charge on any atom is -0.457 e. The molecule has 0 spiro atoms. The molecule has 182 valence electrons. The van der Waals surface area contributed by atoms with Crippen LogP contribution in [-0.4, -0.2) is 48.6 Å². The van der Waals surface area contributed by atoms with E-state index in [0.29, 0.717) is 27.1 Å². The number of amides is 1. The maximum Gasteiger partial charge on any atom is 0.250 e. The van der Waals surface area contributed by atoms with Gasteiger partial charge in [-0.1, -0.05) is 36.2 Å². The van der Waals surface area contributed by atoms with Gasteiger partial charge in [-0.3, -0.25) is 10.1 Å². The Morgan fingerprint density at radius 1 is 1.06 bits per heavy atom. The normalized spacial score (nSPS) is 14.3. The molecule has 0 radical (unpaired) electrons. The fourth-order valence-electron chi connectivity index (χ4n) is 3.83. The van der Waals surface area contributed by atoms with Crippen LogP contribution < -0.4 is 15.5 Å². The standard InChI is InChI=1S/C26H26Cl2N4O2S/c1-2-31-14-16-32(17-15-31)19-8-6-18(7-9-19)29-26(35)30-24(33)13-11-20-10-12-23(34-20)21-4-3-5-22(27)25(21)28/h3-13H,2,14-17H2,1H3,(H2,29,30,33,35). The van der Waals surface area contributed by atoms with Gasteiger partial charge >= 0.3 is 0 Å². The highest BCUT2D eigenvalue weighted by Gasteiger charge is 2.16. The summed E-state index contributed by atoms with van der Waals surface area (Å²) < 4.78 is 5.76. The smallest absolute Gasteiger partial charge is 0.250 e. The number of nitrogens with one attached hydrogen (secondary N) is 2. The van der Waals surface area contributed by atoms with Crippen molar-refractivity contribution >= 4 is 63.9 Å².